The Morgan fingerprint density at radius 3 is 2.47 bits per heavy atom. The Morgan fingerprint density at radius 1 is 1.03 bits per heavy atom. The van der Waals surface area contributed by atoms with Crippen molar-refractivity contribution in [2.45, 2.75) is 30.7 Å². The van der Waals surface area contributed by atoms with Crippen molar-refractivity contribution in [3.8, 4) is 11.3 Å². The lowest BCUT2D eigenvalue weighted by molar-refractivity contribution is -0.137. The number of halogens is 5. The van der Waals surface area contributed by atoms with Gasteiger partial charge in [0.15, 0.2) is 0 Å². The fraction of sp³-hybridized carbons (Fsp3) is 0.304. The van der Waals surface area contributed by atoms with E-state index in [2.05, 4.69) is 9.97 Å². The van der Waals surface area contributed by atoms with Crippen molar-refractivity contribution >= 4 is 0 Å². The second-order valence-corrected chi connectivity index (χ2v) is 7.77. The first-order valence-electron chi connectivity index (χ1n) is 9.98. The molecular weight excluding hydrogens is 429 g/mol. The van der Waals surface area contributed by atoms with Gasteiger partial charge in [-0.15, -0.1) is 0 Å². The molecule has 2 atom stereocenters. The highest BCUT2D eigenvalue weighted by molar-refractivity contribution is 5.64. The van der Waals surface area contributed by atoms with Crippen LogP contribution in [0.15, 0.2) is 67.1 Å². The number of benzene rings is 1. The summed E-state index contributed by atoms with van der Waals surface area (Å²) in [5.74, 6) is -2.89. The summed E-state index contributed by atoms with van der Waals surface area (Å²) in [4.78, 5) is 9.73. The molecule has 1 aromatic carbocycles. The molecule has 3 aromatic rings. The second-order valence-electron chi connectivity index (χ2n) is 7.77. The second kappa shape index (κ2) is 8.55. The van der Waals surface area contributed by atoms with Gasteiger partial charge in [-0.05, 0) is 29.8 Å². The lowest BCUT2D eigenvalue weighted by Gasteiger charge is -2.32. The summed E-state index contributed by atoms with van der Waals surface area (Å²) in [5.41, 5.74) is 0.258. The summed E-state index contributed by atoms with van der Waals surface area (Å²) in [6, 6.07) is 10.2. The van der Waals surface area contributed by atoms with E-state index >= 15 is 0 Å². The van der Waals surface area contributed by atoms with E-state index in [1.165, 1.54) is 35.6 Å². The highest BCUT2D eigenvalue weighted by atomic mass is 19.4. The molecule has 0 radical (unpaired) electrons. The number of hydrogen-bond acceptors (Lipinski definition) is 4. The van der Waals surface area contributed by atoms with Crippen LogP contribution in [-0.4, -0.2) is 39.0 Å². The predicted molar refractivity (Wildman–Crippen MR) is 108 cm³/mol. The van der Waals surface area contributed by atoms with Crippen molar-refractivity contribution in [2.24, 2.45) is 0 Å². The Morgan fingerprint density at radius 2 is 1.81 bits per heavy atom. The minimum Gasteiger partial charge on any atom is -0.386 e. The van der Waals surface area contributed by atoms with Crippen molar-refractivity contribution in [3.05, 3.63) is 83.8 Å². The lowest BCUT2D eigenvalue weighted by Crippen LogP contribution is -2.33. The van der Waals surface area contributed by atoms with Crippen LogP contribution >= 0.6 is 0 Å². The van der Waals surface area contributed by atoms with E-state index in [1.54, 1.807) is 24.3 Å². The van der Waals surface area contributed by atoms with Gasteiger partial charge in [0, 0.05) is 42.7 Å². The third-order valence-electron chi connectivity index (χ3n) is 5.54. The quantitative estimate of drug-likeness (QED) is 0.539. The van der Waals surface area contributed by atoms with E-state index < -0.39 is 36.4 Å². The summed E-state index contributed by atoms with van der Waals surface area (Å²) in [6.45, 7) is -0.481. The van der Waals surface area contributed by atoms with Gasteiger partial charge in [0.2, 0.25) is 0 Å². The van der Waals surface area contributed by atoms with E-state index in [0.717, 1.165) is 12.1 Å². The molecular formula is C23H20F5N3O. The minimum atomic E-state index is -4.54. The van der Waals surface area contributed by atoms with Crippen molar-refractivity contribution in [3.63, 3.8) is 0 Å². The maximum Gasteiger partial charge on any atom is 0.416 e. The molecule has 0 amide bonds. The third-order valence-corrected chi connectivity index (χ3v) is 5.54. The van der Waals surface area contributed by atoms with Crippen LogP contribution in [0.3, 0.4) is 0 Å². The molecule has 168 valence electrons. The summed E-state index contributed by atoms with van der Waals surface area (Å²) >= 11 is 0. The predicted octanol–water partition coefficient (Wildman–Crippen LogP) is 5.28. The van der Waals surface area contributed by atoms with Gasteiger partial charge in [0.1, 0.15) is 6.10 Å². The Bertz CT molecular complexity index is 1070. The highest BCUT2D eigenvalue weighted by Gasteiger charge is 2.44. The number of likely N-dealkylation sites (tertiary alicyclic amines) is 1. The monoisotopic (exact) mass is 449 g/mol. The summed E-state index contributed by atoms with van der Waals surface area (Å²) in [6.07, 6.45) is -1.78. The smallest absolute Gasteiger partial charge is 0.386 e. The van der Waals surface area contributed by atoms with Gasteiger partial charge in [-0.1, -0.05) is 24.3 Å². The molecule has 0 aliphatic carbocycles. The zero-order chi connectivity index (χ0) is 22.9. The number of aliphatic hydroxyl groups is 1. The minimum absolute atomic E-state index is 0.0583. The van der Waals surface area contributed by atoms with Gasteiger partial charge in [-0.3, -0.25) is 14.9 Å². The molecule has 1 saturated heterocycles. The molecule has 4 nitrogen and oxygen atoms in total. The summed E-state index contributed by atoms with van der Waals surface area (Å²) < 4.78 is 67.6. The molecule has 0 saturated carbocycles. The molecule has 1 aliphatic rings. The standard InChI is InChI=1S/C23H20F5N3O/c24-22(25)8-11-31(14-22)20(16-5-2-9-29-13-16)21(32)18-7-3-10-30-19(18)15-4-1-6-17(12-15)23(26,27)28/h1-7,9-10,12-13,20-21,32H,8,11,14H2/t20-,21+/m0/s1. The zero-order valence-corrected chi connectivity index (χ0v) is 16.8. The topological polar surface area (TPSA) is 49.3 Å². The molecule has 0 bridgehead atoms. The number of nitrogens with zero attached hydrogens (tertiary/aromatic N) is 3. The van der Waals surface area contributed by atoms with Crippen LogP contribution in [0.2, 0.25) is 0 Å². The van der Waals surface area contributed by atoms with Crippen LogP contribution in [0.1, 0.15) is 35.3 Å². The lowest BCUT2D eigenvalue weighted by atomic mass is 9.92. The van der Waals surface area contributed by atoms with Crippen LogP contribution in [0.5, 0.6) is 0 Å². The Kier molecular flexibility index (Phi) is 5.96. The van der Waals surface area contributed by atoms with Crippen LogP contribution in [0, 0.1) is 0 Å². The van der Waals surface area contributed by atoms with E-state index in [4.69, 9.17) is 0 Å². The number of pyridine rings is 2. The first-order chi connectivity index (χ1) is 15.2. The highest BCUT2D eigenvalue weighted by Crippen LogP contribution is 2.42. The molecule has 1 aliphatic heterocycles. The fourth-order valence-corrected chi connectivity index (χ4v) is 4.05. The molecule has 2 aromatic heterocycles. The van der Waals surface area contributed by atoms with E-state index in [1.807, 2.05) is 0 Å². The van der Waals surface area contributed by atoms with Crippen LogP contribution in [0.4, 0.5) is 22.0 Å². The van der Waals surface area contributed by atoms with E-state index in [-0.39, 0.29) is 29.8 Å². The van der Waals surface area contributed by atoms with Crippen LogP contribution < -0.4 is 0 Å². The normalized spacial score (nSPS) is 18.4. The number of aliphatic hydroxyl groups excluding tert-OH is 1. The van der Waals surface area contributed by atoms with Gasteiger partial charge in [0.25, 0.3) is 5.92 Å². The summed E-state index contributed by atoms with van der Waals surface area (Å²) in [7, 11) is 0. The zero-order valence-electron chi connectivity index (χ0n) is 16.8. The number of hydrogen-bond donors (Lipinski definition) is 1. The number of alkyl halides is 5. The molecule has 4 rings (SSSR count). The van der Waals surface area contributed by atoms with Crippen LogP contribution in [0.25, 0.3) is 11.3 Å². The molecule has 32 heavy (non-hydrogen) atoms. The fourth-order valence-electron chi connectivity index (χ4n) is 4.05. The Hall–Kier alpha value is -2.91. The molecule has 0 unspecified atom stereocenters. The van der Waals surface area contributed by atoms with Crippen molar-refractivity contribution in [1.29, 1.82) is 0 Å². The Balaban J connectivity index is 1.77. The third kappa shape index (κ3) is 4.63. The molecule has 9 heteroatoms. The maximum atomic E-state index is 14.0. The first-order valence-corrected chi connectivity index (χ1v) is 9.98. The molecule has 1 fully saturated rings. The molecule has 1 N–H and O–H groups in total. The Labute approximate surface area is 181 Å². The van der Waals surface area contributed by atoms with Crippen molar-refractivity contribution in [2.75, 3.05) is 13.1 Å². The van der Waals surface area contributed by atoms with Gasteiger partial charge < -0.3 is 5.11 Å². The van der Waals surface area contributed by atoms with Crippen molar-refractivity contribution < 1.29 is 27.1 Å². The average Bonchev–Trinajstić information content (AvgIpc) is 3.13. The average molecular weight is 449 g/mol. The van der Waals surface area contributed by atoms with Gasteiger partial charge in [-0.2, -0.15) is 13.2 Å². The van der Waals surface area contributed by atoms with Crippen molar-refractivity contribution in [1.82, 2.24) is 14.9 Å². The largest absolute Gasteiger partial charge is 0.416 e. The maximum absolute atomic E-state index is 14.0. The summed E-state index contributed by atoms with van der Waals surface area (Å²) in [5, 5.41) is 11.4. The molecule has 3 heterocycles. The van der Waals surface area contributed by atoms with Gasteiger partial charge >= 0.3 is 6.18 Å². The van der Waals surface area contributed by atoms with Gasteiger partial charge in [-0.25, -0.2) is 8.78 Å². The number of rotatable bonds is 5. The van der Waals surface area contributed by atoms with Crippen LogP contribution in [-0.2, 0) is 6.18 Å². The molecule has 0 spiro atoms. The van der Waals surface area contributed by atoms with E-state index in [0.29, 0.717) is 5.56 Å². The van der Waals surface area contributed by atoms with E-state index in [9.17, 15) is 27.1 Å². The van der Waals surface area contributed by atoms with Gasteiger partial charge in [0.05, 0.1) is 23.8 Å². The SMILES string of the molecule is O[C@H](c1cccnc1-c1cccc(C(F)(F)F)c1)[C@H](c1cccnc1)N1CCC(F)(F)C1. The number of aromatic nitrogens is 2. The first kappa shape index (κ1) is 22.3.